The van der Waals surface area contributed by atoms with Crippen molar-refractivity contribution in [2.24, 2.45) is 0 Å². The SMILES string of the molecule is CCCCCCCC/C=C/CCCCCCCCCCCCCCCCCCCC(=O)OC1C(OCC(NC(=O)C(O)CCCCCCCCCCCCCCCCCCCC)C(O)/C=C/CCCCCCCCCCC)OC(CO)C(O)C1O. The average molecular weight is 1200 g/mol. The summed E-state index contributed by atoms with van der Waals surface area (Å²) in [5, 5.41) is 57.2. The fraction of sp³-hybridized carbons (Fsp3) is 0.919. The molecule has 1 aliphatic rings. The molecule has 1 rings (SSSR count). The Balaban J connectivity index is 2.49. The van der Waals surface area contributed by atoms with Crippen molar-refractivity contribution in [3.8, 4) is 0 Å². The summed E-state index contributed by atoms with van der Waals surface area (Å²) in [5.74, 6) is -1.17. The van der Waals surface area contributed by atoms with Crippen molar-refractivity contribution in [3.63, 3.8) is 0 Å². The first-order chi connectivity index (χ1) is 41.7. The Morgan fingerprint density at radius 3 is 1.14 bits per heavy atom. The number of amides is 1. The lowest BCUT2D eigenvalue weighted by Gasteiger charge is -2.41. The van der Waals surface area contributed by atoms with E-state index in [1.54, 1.807) is 6.08 Å². The van der Waals surface area contributed by atoms with E-state index >= 15 is 0 Å². The van der Waals surface area contributed by atoms with E-state index in [-0.39, 0.29) is 13.0 Å². The normalized spacial score (nSPS) is 18.4. The zero-order valence-electron chi connectivity index (χ0n) is 56.0. The Morgan fingerprint density at radius 1 is 0.447 bits per heavy atom. The van der Waals surface area contributed by atoms with E-state index in [0.717, 1.165) is 57.8 Å². The molecular weight excluding hydrogens is 1060 g/mol. The number of hydrogen-bond donors (Lipinski definition) is 6. The Morgan fingerprint density at radius 2 is 0.776 bits per heavy atom. The molecule has 1 amide bonds. The minimum absolute atomic E-state index is 0.130. The number of carbonyl (C=O) groups is 2. The Labute approximate surface area is 524 Å². The Hall–Kier alpha value is -1.86. The van der Waals surface area contributed by atoms with Gasteiger partial charge in [0.1, 0.15) is 24.4 Å². The number of hydrogen-bond acceptors (Lipinski definition) is 10. The molecule has 11 heteroatoms. The zero-order chi connectivity index (χ0) is 61.7. The van der Waals surface area contributed by atoms with Crippen LogP contribution in [0.1, 0.15) is 374 Å². The van der Waals surface area contributed by atoms with Crippen molar-refractivity contribution in [1.29, 1.82) is 0 Å². The van der Waals surface area contributed by atoms with Gasteiger partial charge in [-0.2, -0.15) is 0 Å². The highest BCUT2D eigenvalue weighted by atomic mass is 16.7. The van der Waals surface area contributed by atoms with Crippen molar-refractivity contribution in [3.05, 3.63) is 24.3 Å². The lowest BCUT2D eigenvalue weighted by Crippen LogP contribution is -2.61. The molecule has 1 fully saturated rings. The van der Waals surface area contributed by atoms with Crippen LogP contribution < -0.4 is 5.32 Å². The minimum atomic E-state index is -1.61. The van der Waals surface area contributed by atoms with Crippen LogP contribution in [-0.2, 0) is 23.8 Å². The number of esters is 1. The second kappa shape index (κ2) is 62.3. The number of ether oxygens (including phenoxy) is 3. The van der Waals surface area contributed by atoms with Crippen LogP contribution in [0, 0.1) is 0 Å². The highest BCUT2D eigenvalue weighted by Crippen LogP contribution is 2.27. The monoisotopic (exact) mass is 1200 g/mol. The minimum Gasteiger partial charge on any atom is -0.454 e. The van der Waals surface area contributed by atoms with Crippen molar-refractivity contribution in [1.82, 2.24) is 5.32 Å². The molecule has 6 N–H and O–H groups in total. The summed E-state index contributed by atoms with van der Waals surface area (Å²) in [4.78, 5) is 26.7. The maximum Gasteiger partial charge on any atom is 0.306 e. The van der Waals surface area contributed by atoms with Gasteiger partial charge in [-0.15, -0.1) is 0 Å². The molecule has 0 bridgehead atoms. The van der Waals surface area contributed by atoms with Gasteiger partial charge in [0.25, 0.3) is 0 Å². The number of nitrogens with one attached hydrogen (secondary N) is 1. The van der Waals surface area contributed by atoms with Gasteiger partial charge in [-0.1, -0.05) is 340 Å². The van der Waals surface area contributed by atoms with Gasteiger partial charge in [-0.3, -0.25) is 9.59 Å². The van der Waals surface area contributed by atoms with E-state index < -0.39 is 67.4 Å². The molecule has 1 aliphatic heterocycles. The van der Waals surface area contributed by atoms with Gasteiger partial charge in [0.15, 0.2) is 12.4 Å². The molecule has 8 atom stereocenters. The second-order valence-corrected chi connectivity index (χ2v) is 26.0. The largest absolute Gasteiger partial charge is 0.454 e. The van der Waals surface area contributed by atoms with Crippen molar-refractivity contribution in [2.45, 2.75) is 423 Å². The van der Waals surface area contributed by atoms with Crippen LogP contribution in [0.4, 0.5) is 0 Å². The highest BCUT2D eigenvalue weighted by molar-refractivity contribution is 5.80. The fourth-order valence-electron chi connectivity index (χ4n) is 12.0. The Bertz CT molecular complexity index is 1480. The van der Waals surface area contributed by atoms with Crippen LogP contribution in [0.5, 0.6) is 0 Å². The van der Waals surface area contributed by atoms with E-state index in [0.29, 0.717) is 19.3 Å². The van der Waals surface area contributed by atoms with Crippen molar-refractivity contribution >= 4 is 11.9 Å². The number of unbranched alkanes of at least 4 members (excludes halogenated alkanes) is 49. The van der Waals surface area contributed by atoms with Crippen LogP contribution in [0.3, 0.4) is 0 Å². The molecule has 0 spiro atoms. The van der Waals surface area contributed by atoms with Gasteiger partial charge in [0, 0.05) is 6.42 Å². The molecule has 1 saturated heterocycles. The smallest absolute Gasteiger partial charge is 0.306 e. The number of aliphatic hydroxyl groups excluding tert-OH is 5. The number of aliphatic hydroxyl groups is 5. The number of allylic oxidation sites excluding steroid dienone is 3. The predicted molar refractivity (Wildman–Crippen MR) is 357 cm³/mol. The molecule has 0 aromatic rings. The molecule has 8 unspecified atom stereocenters. The van der Waals surface area contributed by atoms with Gasteiger partial charge in [-0.05, 0) is 51.4 Å². The third kappa shape index (κ3) is 49.6. The van der Waals surface area contributed by atoms with Crippen molar-refractivity contribution in [2.75, 3.05) is 13.2 Å². The topological polar surface area (TPSA) is 175 Å². The summed E-state index contributed by atoms with van der Waals surface area (Å²) in [6, 6.07) is -1.02. The molecule has 0 saturated carbocycles. The van der Waals surface area contributed by atoms with E-state index in [9.17, 15) is 35.1 Å². The van der Waals surface area contributed by atoms with E-state index in [2.05, 4.69) is 38.2 Å². The molecule has 502 valence electrons. The molecule has 0 radical (unpaired) electrons. The van der Waals surface area contributed by atoms with Gasteiger partial charge in [0.2, 0.25) is 5.91 Å². The quantitative estimate of drug-likeness (QED) is 0.0195. The van der Waals surface area contributed by atoms with Gasteiger partial charge < -0.3 is 45.1 Å². The fourth-order valence-corrected chi connectivity index (χ4v) is 12.0. The summed E-state index contributed by atoms with van der Waals surface area (Å²) in [7, 11) is 0. The molecule has 1 heterocycles. The number of rotatable bonds is 65. The third-order valence-electron chi connectivity index (χ3n) is 17.9. The molecular formula is C74H141NO10. The predicted octanol–water partition coefficient (Wildman–Crippen LogP) is 19.2. The van der Waals surface area contributed by atoms with Crippen LogP contribution in [0.25, 0.3) is 0 Å². The number of carbonyl (C=O) groups excluding carboxylic acids is 2. The van der Waals surface area contributed by atoms with Crippen LogP contribution in [-0.4, -0.2) is 99.6 Å². The lowest BCUT2D eigenvalue weighted by atomic mass is 9.99. The summed E-state index contributed by atoms with van der Waals surface area (Å²) in [6.07, 6.45) is 65.2. The summed E-state index contributed by atoms with van der Waals surface area (Å²) >= 11 is 0. The van der Waals surface area contributed by atoms with Gasteiger partial charge in [-0.25, -0.2) is 0 Å². The van der Waals surface area contributed by atoms with Crippen LogP contribution >= 0.6 is 0 Å². The average Bonchev–Trinajstić information content (AvgIpc) is 2.92. The van der Waals surface area contributed by atoms with Crippen molar-refractivity contribution < 1.29 is 49.3 Å². The van der Waals surface area contributed by atoms with Gasteiger partial charge in [0.05, 0.1) is 25.4 Å². The standard InChI is InChI=1S/C74H141NO10/c1-4-7-10-13-16-19-22-24-26-28-30-31-32-33-34-35-36-37-38-40-42-44-47-50-53-56-59-62-69(79)85-72-71(81)70(80)68(63-76)84-74(72)83-64-65(66(77)60-57-54-51-48-45-21-18-15-12-9-6-3)75-73(82)67(78)61-58-55-52-49-46-43-41-39-29-27-25-23-20-17-14-11-8-5-2/h24,26,57,60,65-68,70-72,74,76-78,80-81H,4-23,25,27-56,58-59,61-64H2,1-3H3,(H,75,82)/b26-24+,60-57+. The summed E-state index contributed by atoms with van der Waals surface area (Å²) in [5.41, 5.74) is 0. The first-order valence-corrected chi connectivity index (χ1v) is 37.1. The van der Waals surface area contributed by atoms with E-state index in [1.165, 1.54) is 270 Å². The Kier molecular flexibility index (Phi) is 59.5. The van der Waals surface area contributed by atoms with Gasteiger partial charge >= 0.3 is 5.97 Å². The molecule has 0 aromatic heterocycles. The van der Waals surface area contributed by atoms with E-state index in [1.807, 2.05) is 6.08 Å². The maximum absolute atomic E-state index is 13.5. The molecule has 0 aromatic carbocycles. The first kappa shape index (κ1) is 81.2. The highest BCUT2D eigenvalue weighted by Gasteiger charge is 2.47. The third-order valence-corrected chi connectivity index (χ3v) is 17.9. The first-order valence-electron chi connectivity index (χ1n) is 37.1. The zero-order valence-corrected chi connectivity index (χ0v) is 56.0. The lowest BCUT2D eigenvalue weighted by molar-refractivity contribution is -0.305. The van der Waals surface area contributed by atoms with Crippen LogP contribution in [0.15, 0.2) is 24.3 Å². The summed E-state index contributed by atoms with van der Waals surface area (Å²) in [6.45, 7) is 5.84. The maximum atomic E-state index is 13.5. The van der Waals surface area contributed by atoms with E-state index in [4.69, 9.17) is 14.2 Å². The molecule has 85 heavy (non-hydrogen) atoms. The molecule has 11 nitrogen and oxygen atoms in total. The van der Waals surface area contributed by atoms with Crippen LogP contribution in [0.2, 0.25) is 0 Å². The second-order valence-electron chi connectivity index (χ2n) is 26.0. The summed E-state index contributed by atoms with van der Waals surface area (Å²) < 4.78 is 17.7. The molecule has 0 aliphatic carbocycles.